The molecule has 0 spiro atoms. The molecule has 6 heteroatoms. The predicted octanol–water partition coefficient (Wildman–Crippen LogP) is 2.16. The number of hydrogen-bond acceptors (Lipinski definition) is 5. The Labute approximate surface area is 123 Å². The van der Waals surface area contributed by atoms with Gasteiger partial charge in [-0.25, -0.2) is 8.42 Å². The van der Waals surface area contributed by atoms with Crippen LogP contribution in [0.4, 0.5) is 11.4 Å². The number of nitrogen functional groups attached to an aromatic ring is 1. The van der Waals surface area contributed by atoms with Crippen LogP contribution in [0.2, 0.25) is 0 Å². The van der Waals surface area contributed by atoms with Crippen molar-refractivity contribution in [3.8, 4) is 6.07 Å². The fourth-order valence-corrected chi connectivity index (χ4v) is 2.80. The first-order chi connectivity index (χ1) is 9.91. The molecule has 108 valence electrons. The van der Waals surface area contributed by atoms with Crippen molar-refractivity contribution in [1.82, 2.24) is 0 Å². The van der Waals surface area contributed by atoms with Gasteiger partial charge in [0.05, 0.1) is 27.9 Å². The van der Waals surface area contributed by atoms with Crippen LogP contribution < -0.4 is 11.1 Å². The Kier molecular flexibility index (Phi) is 4.15. The zero-order valence-corrected chi connectivity index (χ0v) is 12.3. The standard InChI is InChI=1S/C15H15N3O2S/c1-21(19,20)14-7-3-6-13(15(14)17)18-10-12-5-2-4-11(8-12)9-16/h2-8,18H,10,17H2,1H3. The summed E-state index contributed by atoms with van der Waals surface area (Å²) in [6, 6.07) is 14.1. The SMILES string of the molecule is CS(=O)(=O)c1cccc(NCc2cccc(C#N)c2)c1N. The van der Waals surface area contributed by atoms with E-state index in [0.717, 1.165) is 11.8 Å². The number of hydrogen-bond donors (Lipinski definition) is 2. The molecule has 3 N–H and O–H groups in total. The van der Waals surface area contributed by atoms with Crippen LogP contribution in [0.25, 0.3) is 0 Å². The van der Waals surface area contributed by atoms with E-state index in [0.29, 0.717) is 17.8 Å². The van der Waals surface area contributed by atoms with Gasteiger partial charge in [0.25, 0.3) is 0 Å². The molecule has 0 aliphatic carbocycles. The number of sulfone groups is 1. The van der Waals surface area contributed by atoms with Crippen molar-refractivity contribution in [1.29, 1.82) is 5.26 Å². The molecule has 0 aliphatic heterocycles. The highest BCUT2D eigenvalue weighted by Crippen LogP contribution is 2.26. The third-order valence-corrected chi connectivity index (χ3v) is 4.16. The van der Waals surface area contributed by atoms with Crippen molar-refractivity contribution < 1.29 is 8.42 Å². The zero-order valence-electron chi connectivity index (χ0n) is 11.5. The molecule has 2 aromatic rings. The molecule has 0 saturated heterocycles. The molecular formula is C15H15N3O2S. The predicted molar refractivity (Wildman–Crippen MR) is 82.4 cm³/mol. The number of benzene rings is 2. The summed E-state index contributed by atoms with van der Waals surface area (Å²) in [6.07, 6.45) is 1.12. The number of anilines is 2. The molecule has 0 aromatic heterocycles. The highest BCUT2D eigenvalue weighted by atomic mass is 32.2. The minimum Gasteiger partial charge on any atom is -0.396 e. The van der Waals surface area contributed by atoms with Gasteiger partial charge in [-0.05, 0) is 29.8 Å². The maximum Gasteiger partial charge on any atom is 0.177 e. The van der Waals surface area contributed by atoms with E-state index >= 15 is 0 Å². The van der Waals surface area contributed by atoms with Crippen molar-refractivity contribution >= 4 is 21.2 Å². The lowest BCUT2D eigenvalue weighted by molar-refractivity contribution is 0.602. The number of nitriles is 1. The van der Waals surface area contributed by atoms with Gasteiger partial charge in [0.2, 0.25) is 0 Å². The van der Waals surface area contributed by atoms with Gasteiger partial charge in [0.15, 0.2) is 9.84 Å². The summed E-state index contributed by atoms with van der Waals surface area (Å²) in [4.78, 5) is 0.110. The fraction of sp³-hybridized carbons (Fsp3) is 0.133. The average Bonchev–Trinajstić information content (AvgIpc) is 2.45. The van der Waals surface area contributed by atoms with Gasteiger partial charge < -0.3 is 11.1 Å². The van der Waals surface area contributed by atoms with Crippen molar-refractivity contribution in [3.05, 3.63) is 53.6 Å². The van der Waals surface area contributed by atoms with E-state index < -0.39 is 9.84 Å². The van der Waals surface area contributed by atoms with Crippen LogP contribution in [-0.4, -0.2) is 14.7 Å². The van der Waals surface area contributed by atoms with Crippen molar-refractivity contribution in [2.75, 3.05) is 17.3 Å². The summed E-state index contributed by atoms with van der Waals surface area (Å²) in [5.41, 5.74) is 8.15. The van der Waals surface area contributed by atoms with Gasteiger partial charge in [-0.1, -0.05) is 18.2 Å². The largest absolute Gasteiger partial charge is 0.396 e. The van der Waals surface area contributed by atoms with Gasteiger partial charge >= 0.3 is 0 Å². The number of nitrogens with zero attached hydrogens (tertiary/aromatic N) is 1. The molecule has 2 aromatic carbocycles. The summed E-state index contributed by atoms with van der Waals surface area (Å²) >= 11 is 0. The quantitative estimate of drug-likeness (QED) is 0.844. The Balaban J connectivity index is 2.23. The summed E-state index contributed by atoms with van der Waals surface area (Å²) in [5, 5.41) is 12.0. The Morgan fingerprint density at radius 1 is 1.24 bits per heavy atom. The molecule has 0 unspecified atom stereocenters. The number of para-hydroxylation sites is 1. The van der Waals surface area contributed by atoms with Gasteiger partial charge in [-0.2, -0.15) is 5.26 Å². The third-order valence-electron chi connectivity index (χ3n) is 3.00. The first-order valence-electron chi connectivity index (χ1n) is 6.23. The lowest BCUT2D eigenvalue weighted by atomic mass is 10.1. The molecule has 0 bridgehead atoms. The highest BCUT2D eigenvalue weighted by molar-refractivity contribution is 7.90. The lowest BCUT2D eigenvalue weighted by Crippen LogP contribution is -2.07. The minimum atomic E-state index is -3.36. The molecule has 0 fully saturated rings. The lowest BCUT2D eigenvalue weighted by Gasteiger charge is -2.12. The molecule has 5 nitrogen and oxygen atoms in total. The van der Waals surface area contributed by atoms with Crippen molar-refractivity contribution in [2.45, 2.75) is 11.4 Å². The van der Waals surface area contributed by atoms with E-state index in [1.165, 1.54) is 6.07 Å². The van der Waals surface area contributed by atoms with E-state index in [1.807, 2.05) is 6.07 Å². The van der Waals surface area contributed by atoms with Gasteiger partial charge in [-0.3, -0.25) is 0 Å². The van der Waals surface area contributed by atoms with Crippen LogP contribution in [0.15, 0.2) is 47.4 Å². The zero-order chi connectivity index (χ0) is 15.5. The number of nitrogens with one attached hydrogen (secondary N) is 1. The highest BCUT2D eigenvalue weighted by Gasteiger charge is 2.13. The van der Waals surface area contributed by atoms with Crippen LogP contribution in [0.3, 0.4) is 0 Å². The molecule has 0 amide bonds. The average molecular weight is 301 g/mol. The Morgan fingerprint density at radius 2 is 1.95 bits per heavy atom. The van der Waals surface area contributed by atoms with Crippen molar-refractivity contribution in [3.63, 3.8) is 0 Å². The van der Waals surface area contributed by atoms with Crippen LogP contribution in [0, 0.1) is 11.3 Å². The summed E-state index contributed by atoms with van der Waals surface area (Å²) in [7, 11) is -3.36. The maximum absolute atomic E-state index is 11.6. The normalized spacial score (nSPS) is 10.9. The van der Waals surface area contributed by atoms with E-state index in [9.17, 15) is 8.42 Å². The van der Waals surface area contributed by atoms with Gasteiger partial charge in [-0.15, -0.1) is 0 Å². The minimum absolute atomic E-state index is 0.110. The first-order valence-corrected chi connectivity index (χ1v) is 8.12. The number of nitrogens with two attached hydrogens (primary N) is 1. The monoisotopic (exact) mass is 301 g/mol. The summed E-state index contributed by atoms with van der Waals surface area (Å²) in [6.45, 7) is 0.451. The Morgan fingerprint density at radius 3 is 2.62 bits per heavy atom. The molecule has 2 rings (SSSR count). The molecule has 0 heterocycles. The Hall–Kier alpha value is -2.52. The van der Waals surface area contributed by atoms with Gasteiger partial charge in [0.1, 0.15) is 0 Å². The molecular weight excluding hydrogens is 286 g/mol. The van der Waals surface area contributed by atoms with Crippen LogP contribution in [-0.2, 0) is 16.4 Å². The topological polar surface area (TPSA) is 96.0 Å². The maximum atomic E-state index is 11.6. The van der Waals surface area contributed by atoms with E-state index in [4.69, 9.17) is 11.0 Å². The number of rotatable bonds is 4. The van der Waals surface area contributed by atoms with Crippen LogP contribution in [0.1, 0.15) is 11.1 Å². The van der Waals surface area contributed by atoms with Gasteiger partial charge in [0, 0.05) is 12.8 Å². The molecule has 0 atom stereocenters. The third kappa shape index (κ3) is 3.52. The smallest absolute Gasteiger partial charge is 0.177 e. The second-order valence-corrected chi connectivity index (χ2v) is 6.64. The molecule has 0 saturated carbocycles. The summed E-state index contributed by atoms with van der Waals surface area (Å²) < 4.78 is 23.2. The molecule has 21 heavy (non-hydrogen) atoms. The van der Waals surface area contributed by atoms with E-state index in [-0.39, 0.29) is 10.6 Å². The summed E-state index contributed by atoms with van der Waals surface area (Å²) in [5.74, 6) is 0. The Bertz CT molecular complexity index is 808. The van der Waals surface area contributed by atoms with E-state index in [2.05, 4.69) is 11.4 Å². The van der Waals surface area contributed by atoms with E-state index in [1.54, 1.807) is 30.3 Å². The first kappa shape index (κ1) is 14.9. The molecule has 0 radical (unpaired) electrons. The molecule has 0 aliphatic rings. The van der Waals surface area contributed by atoms with Crippen LogP contribution in [0.5, 0.6) is 0 Å². The van der Waals surface area contributed by atoms with Crippen molar-refractivity contribution in [2.24, 2.45) is 0 Å². The van der Waals surface area contributed by atoms with Crippen LogP contribution >= 0.6 is 0 Å². The second-order valence-electron chi connectivity index (χ2n) is 4.66. The second kappa shape index (κ2) is 5.85. The fourth-order valence-electron chi connectivity index (χ4n) is 1.97.